The number of hydrogen-bond acceptors (Lipinski definition) is 2. The molecule has 2 nitrogen and oxygen atoms in total. The van der Waals surface area contributed by atoms with E-state index in [4.69, 9.17) is 0 Å². The van der Waals surface area contributed by atoms with Gasteiger partial charge in [0.25, 0.3) is 6.43 Å². The van der Waals surface area contributed by atoms with E-state index in [1.807, 2.05) is 0 Å². The maximum Gasteiger partial charge on any atom is 0.253 e. The highest BCUT2D eigenvalue weighted by molar-refractivity contribution is 8.13. The summed E-state index contributed by atoms with van der Waals surface area (Å²) in [5.74, 6) is -1.27. The topological polar surface area (TPSA) is 34.1 Å². The molecule has 0 fully saturated rings. The zero-order valence-corrected chi connectivity index (χ0v) is 5.22. The highest BCUT2D eigenvalue weighted by Gasteiger charge is 2.13. The summed E-state index contributed by atoms with van der Waals surface area (Å²) in [5, 5.41) is 0. The molecule has 0 N–H and O–H groups in total. The Balaban J connectivity index is 3.75. The van der Waals surface area contributed by atoms with E-state index < -0.39 is 21.2 Å². The van der Waals surface area contributed by atoms with Crippen LogP contribution in [0.15, 0.2) is 0 Å². The average Bonchev–Trinajstić information content (AvgIpc) is 1.21. The molecule has 50 valence electrons. The molecule has 0 aromatic heterocycles. The Bertz CT molecular complexity index is 151. The van der Waals surface area contributed by atoms with Gasteiger partial charge in [-0.1, -0.05) is 0 Å². The zero-order valence-electron chi connectivity index (χ0n) is 3.64. The second-order valence-electron chi connectivity index (χ2n) is 1.10. The Hall–Kier alpha value is 0.1000. The molecule has 6 heteroatoms. The standard InChI is InChI=1S/C2H3ClF2O2S/c3-8(6,7)1-2(4)5/h2H,1H2. The molecule has 0 aliphatic heterocycles. The minimum Gasteiger partial charge on any atom is -0.212 e. The summed E-state index contributed by atoms with van der Waals surface area (Å²) in [4.78, 5) is 0. The van der Waals surface area contributed by atoms with Crippen molar-refractivity contribution in [2.75, 3.05) is 5.75 Å². The molecule has 0 heterocycles. The zero-order chi connectivity index (χ0) is 6.78. The normalized spacial score (nSPS) is 12.5. The number of hydrogen-bond donors (Lipinski definition) is 0. The van der Waals surface area contributed by atoms with E-state index in [0.29, 0.717) is 0 Å². The van der Waals surface area contributed by atoms with Crippen LogP contribution >= 0.6 is 10.7 Å². The number of rotatable bonds is 2. The SMILES string of the molecule is O=S(=O)(Cl)CC(F)F. The largest absolute Gasteiger partial charge is 0.253 e. The van der Waals surface area contributed by atoms with Gasteiger partial charge in [-0.25, -0.2) is 17.2 Å². The minimum atomic E-state index is -4.00. The average molecular weight is 165 g/mol. The van der Waals surface area contributed by atoms with Crippen molar-refractivity contribution in [3.05, 3.63) is 0 Å². The van der Waals surface area contributed by atoms with Gasteiger partial charge in [-0.2, -0.15) is 0 Å². The third-order valence-corrected chi connectivity index (χ3v) is 1.35. The minimum absolute atomic E-state index is 1.27. The molecule has 0 saturated heterocycles. The summed E-state index contributed by atoms with van der Waals surface area (Å²) in [7, 11) is 0.419. The Labute approximate surface area is 49.9 Å². The Morgan fingerprint density at radius 1 is 1.50 bits per heavy atom. The van der Waals surface area contributed by atoms with Crippen molar-refractivity contribution in [2.24, 2.45) is 0 Å². The van der Waals surface area contributed by atoms with E-state index in [2.05, 4.69) is 10.7 Å². The van der Waals surface area contributed by atoms with Gasteiger partial charge in [-0.3, -0.25) is 0 Å². The van der Waals surface area contributed by atoms with E-state index in [9.17, 15) is 17.2 Å². The van der Waals surface area contributed by atoms with Crippen LogP contribution in [0.5, 0.6) is 0 Å². The number of alkyl halides is 2. The lowest BCUT2D eigenvalue weighted by Gasteiger charge is -1.89. The molecule has 0 amide bonds. The molecule has 0 radical (unpaired) electrons. The molecule has 0 atom stereocenters. The van der Waals surface area contributed by atoms with E-state index >= 15 is 0 Å². The molecule has 0 aliphatic rings. The Morgan fingerprint density at radius 3 is 1.88 bits per heavy atom. The molecule has 0 bridgehead atoms. The van der Waals surface area contributed by atoms with Crippen LogP contribution in [-0.4, -0.2) is 20.6 Å². The van der Waals surface area contributed by atoms with Gasteiger partial charge in [-0.05, 0) is 0 Å². The van der Waals surface area contributed by atoms with Gasteiger partial charge in [0.2, 0.25) is 9.05 Å². The summed E-state index contributed by atoms with van der Waals surface area (Å²) < 4.78 is 41.6. The first-order valence-corrected chi connectivity index (χ1v) is 4.10. The van der Waals surface area contributed by atoms with Crippen LogP contribution < -0.4 is 0 Å². The molecule has 8 heavy (non-hydrogen) atoms. The van der Waals surface area contributed by atoms with Crippen molar-refractivity contribution in [1.82, 2.24) is 0 Å². The van der Waals surface area contributed by atoms with Crippen LogP contribution in [0.2, 0.25) is 0 Å². The summed E-state index contributed by atoms with van der Waals surface area (Å²) in [5.41, 5.74) is 0. The van der Waals surface area contributed by atoms with Gasteiger partial charge in [0, 0.05) is 10.7 Å². The lowest BCUT2D eigenvalue weighted by molar-refractivity contribution is 0.175. The molecule has 0 unspecified atom stereocenters. The lowest BCUT2D eigenvalue weighted by atomic mass is 10.9. The van der Waals surface area contributed by atoms with Crippen molar-refractivity contribution < 1.29 is 17.2 Å². The van der Waals surface area contributed by atoms with Crippen molar-refractivity contribution >= 4 is 19.7 Å². The van der Waals surface area contributed by atoms with E-state index in [0.717, 1.165) is 0 Å². The molecule has 0 rings (SSSR count). The van der Waals surface area contributed by atoms with Crippen LogP contribution in [-0.2, 0) is 9.05 Å². The predicted molar refractivity (Wildman–Crippen MR) is 25.6 cm³/mol. The Kier molecular flexibility index (Phi) is 2.62. The second-order valence-corrected chi connectivity index (χ2v) is 3.92. The van der Waals surface area contributed by atoms with Crippen LogP contribution in [0.25, 0.3) is 0 Å². The number of halogens is 3. The summed E-state index contributed by atoms with van der Waals surface area (Å²) in [6.45, 7) is 0. The highest BCUT2D eigenvalue weighted by atomic mass is 35.7. The van der Waals surface area contributed by atoms with Gasteiger partial charge in [0.15, 0.2) is 0 Å². The molecule has 0 spiro atoms. The van der Waals surface area contributed by atoms with Gasteiger partial charge >= 0.3 is 0 Å². The van der Waals surface area contributed by atoms with Crippen molar-refractivity contribution in [2.45, 2.75) is 6.43 Å². The Morgan fingerprint density at radius 2 is 1.88 bits per heavy atom. The summed E-state index contributed by atoms with van der Waals surface area (Å²) in [6, 6.07) is 0. The fourth-order valence-corrected chi connectivity index (χ4v) is 0.737. The lowest BCUT2D eigenvalue weighted by Crippen LogP contribution is -2.06. The van der Waals surface area contributed by atoms with Crippen LogP contribution in [0, 0.1) is 0 Å². The van der Waals surface area contributed by atoms with E-state index in [1.54, 1.807) is 0 Å². The predicted octanol–water partition coefficient (Wildman–Crippen LogP) is 0.820. The third-order valence-electron chi connectivity index (χ3n) is 0.325. The fourth-order valence-electron chi connectivity index (χ4n) is 0.150. The molecular formula is C2H3ClF2O2S. The van der Waals surface area contributed by atoms with Crippen LogP contribution in [0.1, 0.15) is 0 Å². The summed E-state index contributed by atoms with van der Waals surface area (Å²) >= 11 is 0. The first-order valence-electron chi connectivity index (χ1n) is 1.62. The monoisotopic (exact) mass is 164 g/mol. The summed E-state index contributed by atoms with van der Waals surface area (Å²) in [6.07, 6.45) is -2.88. The maximum absolute atomic E-state index is 11.1. The first kappa shape index (κ1) is 8.10. The maximum atomic E-state index is 11.1. The van der Waals surface area contributed by atoms with Crippen LogP contribution in [0.3, 0.4) is 0 Å². The molecule has 0 aromatic carbocycles. The van der Waals surface area contributed by atoms with Crippen molar-refractivity contribution in [1.29, 1.82) is 0 Å². The molecule has 0 saturated carbocycles. The first-order chi connectivity index (χ1) is 3.42. The molecule has 0 aliphatic carbocycles. The van der Waals surface area contributed by atoms with E-state index in [-0.39, 0.29) is 0 Å². The van der Waals surface area contributed by atoms with Gasteiger partial charge < -0.3 is 0 Å². The molecule has 0 aromatic rings. The highest BCUT2D eigenvalue weighted by Crippen LogP contribution is 2.02. The molecular weight excluding hydrogens is 162 g/mol. The third kappa shape index (κ3) is 6.10. The van der Waals surface area contributed by atoms with Gasteiger partial charge in [0.1, 0.15) is 5.75 Å². The van der Waals surface area contributed by atoms with Gasteiger partial charge in [-0.15, -0.1) is 0 Å². The second kappa shape index (κ2) is 2.59. The van der Waals surface area contributed by atoms with Crippen molar-refractivity contribution in [3.63, 3.8) is 0 Å². The van der Waals surface area contributed by atoms with Crippen LogP contribution in [0.4, 0.5) is 8.78 Å². The van der Waals surface area contributed by atoms with Crippen molar-refractivity contribution in [3.8, 4) is 0 Å². The smallest absolute Gasteiger partial charge is 0.212 e. The van der Waals surface area contributed by atoms with Gasteiger partial charge in [0.05, 0.1) is 0 Å². The quantitative estimate of drug-likeness (QED) is 0.567. The fraction of sp³-hybridized carbons (Fsp3) is 1.00. The van der Waals surface area contributed by atoms with E-state index in [1.165, 1.54) is 0 Å².